The van der Waals surface area contributed by atoms with Crippen molar-refractivity contribution < 1.29 is 48.2 Å². The van der Waals surface area contributed by atoms with Gasteiger partial charge in [0.2, 0.25) is 29.5 Å². The summed E-state index contributed by atoms with van der Waals surface area (Å²) in [4.78, 5) is 109. The number of urea groups is 1. The van der Waals surface area contributed by atoms with E-state index < -0.39 is 102 Å². The van der Waals surface area contributed by atoms with Crippen molar-refractivity contribution in [3.8, 4) is 0 Å². The highest BCUT2D eigenvalue weighted by molar-refractivity contribution is 5.96. The average molecular weight is 850 g/mol. The lowest BCUT2D eigenvalue weighted by Gasteiger charge is -2.33. The number of esters is 1. The Morgan fingerprint density at radius 3 is 1.95 bits per heavy atom. The van der Waals surface area contributed by atoms with Crippen molar-refractivity contribution in [1.29, 1.82) is 0 Å². The molecule has 17 nitrogen and oxygen atoms in total. The largest absolute Gasteiger partial charge is 0.480 e. The number of carbonyl (C=O) groups is 8. The molecular weight excluding hydrogens is 787 g/mol. The van der Waals surface area contributed by atoms with Gasteiger partial charge < -0.3 is 46.6 Å². The molecule has 0 aromatic heterocycles. The van der Waals surface area contributed by atoms with Gasteiger partial charge in [0.1, 0.15) is 42.9 Å². The second-order valence-corrected chi connectivity index (χ2v) is 15.8. The molecule has 7 unspecified atom stereocenters. The van der Waals surface area contributed by atoms with Crippen molar-refractivity contribution in [1.82, 2.24) is 36.8 Å². The van der Waals surface area contributed by atoms with E-state index >= 15 is 0 Å². The quantitative estimate of drug-likeness (QED) is 0.137. The maximum atomic E-state index is 14.6. The predicted molar refractivity (Wildman–Crippen MR) is 227 cm³/mol. The topological polar surface area (TPSA) is 241 Å². The van der Waals surface area contributed by atoms with Crippen molar-refractivity contribution in [3.63, 3.8) is 0 Å². The average Bonchev–Trinajstić information content (AvgIpc) is 3.23. The van der Waals surface area contributed by atoms with E-state index in [1.807, 2.05) is 60.7 Å². The van der Waals surface area contributed by atoms with E-state index in [2.05, 4.69) is 31.9 Å². The number of rotatable bonds is 14. The summed E-state index contributed by atoms with van der Waals surface area (Å²) in [5.41, 5.74) is 1.78. The first-order valence-electron chi connectivity index (χ1n) is 21.0. The lowest BCUT2D eigenvalue weighted by Crippen LogP contribution is -2.61. The highest BCUT2D eigenvalue weighted by atomic mass is 16.5. The number of carboxylic acid groups (broad SMARTS) is 1. The Labute approximate surface area is 357 Å². The van der Waals surface area contributed by atoms with E-state index in [0.717, 1.165) is 11.1 Å². The Hall–Kier alpha value is -6.00. The van der Waals surface area contributed by atoms with E-state index in [4.69, 9.17) is 4.74 Å². The fraction of sp³-hybridized carbons (Fsp3) is 0.545. The van der Waals surface area contributed by atoms with Crippen LogP contribution in [-0.2, 0) is 51.1 Å². The number of carboxylic acids is 1. The first-order chi connectivity index (χ1) is 29.0. The number of ether oxygens (including phenoxy) is 1. The third-order valence-electron chi connectivity index (χ3n) is 10.8. The van der Waals surface area contributed by atoms with E-state index in [-0.39, 0.29) is 32.2 Å². The zero-order valence-corrected chi connectivity index (χ0v) is 36.0. The second kappa shape index (κ2) is 24.9. The number of likely N-dealkylation sites (N-methyl/N-ethyl adjacent to an activating group) is 1. The molecule has 1 heterocycles. The van der Waals surface area contributed by atoms with Crippen LogP contribution in [0.5, 0.6) is 0 Å². The SMILES string of the molecule is CCC(C)C(NC(=O)NC1CCCCNC(=O)C(COC(C)=O)NC(=O)C(CCc2ccccc2)N(C)C(=O)C(CCc2ccccc2)NC(=O)C(C(C)C)NC1=O)C(=O)O. The van der Waals surface area contributed by atoms with Gasteiger partial charge in [0, 0.05) is 20.5 Å². The van der Waals surface area contributed by atoms with Crippen molar-refractivity contribution in [2.75, 3.05) is 20.2 Å². The number of nitrogens with one attached hydrogen (secondary N) is 6. The summed E-state index contributed by atoms with van der Waals surface area (Å²) in [7, 11) is 1.45. The molecule has 61 heavy (non-hydrogen) atoms. The molecule has 7 amide bonds. The molecule has 7 atom stereocenters. The van der Waals surface area contributed by atoms with Crippen molar-refractivity contribution in [2.45, 2.75) is 122 Å². The Kier molecular flexibility index (Phi) is 20.2. The van der Waals surface area contributed by atoms with Gasteiger partial charge in [-0.05, 0) is 67.9 Å². The van der Waals surface area contributed by atoms with Crippen molar-refractivity contribution in [2.24, 2.45) is 11.8 Å². The zero-order valence-electron chi connectivity index (χ0n) is 36.0. The van der Waals surface area contributed by atoms with Crippen molar-refractivity contribution >= 4 is 47.5 Å². The molecule has 7 N–H and O–H groups in total. The molecule has 334 valence electrons. The number of carbonyl (C=O) groups excluding carboxylic acids is 7. The minimum absolute atomic E-state index is 0.0301. The molecule has 2 aromatic carbocycles. The van der Waals surface area contributed by atoms with Gasteiger partial charge in [-0.2, -0.15) is 0 Å². The number of hydrogen-bond donors (Lipinski definition) is 7. The maximum Gasteiger partial charge on any atom is 0.326 e. The van der Waals surface area contributed by atoms with E-state index in [9.17, 15) is 43.5 Å². The lowest BCUT2D eigenvalue weighted by molar-refractivity contribution is -0.146. The summed E-state index contributed by atoms with van der Waals surface area (Å²) < 4.78 is 5.15. The molecule has 17 heteroatoms. The number of benzene rings is 2. The van der Waals surface area contributed by atoms with Crippen LogP contribution in [0.25, 0.3) is 0 Å². The third kappa shape index (κ3) is 16.2. The smallest absolute Gasteiger partial charge is 0.326 e. The van der Waals surface area contributed by atoms with Gasteiger partial charge in [0.25, 0.3) is 0 Å². The number of amides is 7. The van der Waals surface area contributed by atoms with E-state index in [1.54, 1.807) is 27.7 Å². The molecule has 3 rings (SSSR count). The van der Waals surface area contributed by atoms with Gasteiger partial charge >= 0.3 is 18.0 Å². The summed E-state index contributed by atoms with van der Waals surface area (Å²) in [6.45, 7) is 7.63. The first-order valence-corrected chi connectivity index (χ1v) is 21.0. The lowest BCUT2D eigenvalue weighted by atomic mass is 9.98. The van der Waals surface area contributed by atoms with E-state index in [0.29, 0.717) is 25.7 Å². The van der Waals surface area contributed by atoms with Crippen LogP contribution in [0.4, 0.5) is 4.79 Å². The summed E-state index contributed by atoms with van der Waals surface area (Å²) in [5, 5.41) is 25.8. The molecule has 0 bridgehead atoms. The van der Waals surface area contributed by atoms with Crippen molar-refractivity contribution in [3.05, 3.63) is 71.8 Å². The van der Waals surface area contributed by atoms with Gasteiger partial charge in [-0.3, -0.25) is 28.8 Å². The van der Waals surface area contributed by atoms with Crippen LogP contribution in [-0.4, -0.2) is 114 Å². The highest BCUT2D eigenvalue weighted by Crippen LogP contribution is 2.16. The van der Waals surface area contributed by atoms with Crippen LogP contribution in [0, 0.1) is 11.8 Å². The number of nitrogens with zero attached hydrogens (tertiary/aromatic N) is 1. The molecule has 0 saturated carbocycles. The Balaban J connectivity index is 2.05. The molecule has 0 aliphatic carbocycles. The number of aliphatic carboxylic acids is 1. The molecule has 1 fully saturated rings. The van der Waals surface area contributed by atoms with Crippen LogP contribution in [0.1, 0.15) is 84.3 Å². The van der Waals surface area contributed by atoms with Crippen LogP contribution in [0.15, 0.2) is 60.7 Å². The van der Waals surface area contributed by atoms with Gasteiger partial charge in [0.05, 0.1) is 0 Å². The van der Waals surface area contributed by atoms with Gasteiger partial charge in [0.15, 0.2) is 0 Å². The predicted octanol–water partition coefficient (Wildman–Crippen LogP) is 2.22. The van der Waals surface area contributed by atoms with Crippen LogP contribution in [0.2, 0.25) is 0 Å². The second-order valence-electron chi connectivity index (χ2n) is 15.8. The minimum atomic E-state index is -1.34. The van der Waals surface area contributed by atoms with E-state index in [1.165, 1.54) is 18.9 Å². The van der Waals surface area contributed by atoms with Gasteiger partial charge in [-0.25, -0.2) is 9.59 Å². The fourth-order valence-corrected chi connectivity index (χ4v) is 6.86. The van der Waals surface area contributed by atoms with Gasteiger partial charge in [-0.1, -0.05) is 94.8 Å². The Morgan fingerprint density at radius 2 is 1.39 bits per heavy atom. The summed E-state index contributed by atoms with van der Waals surface area (Å²) in [6, 6.07) is 10.4. The number of aryl methyl sites for hydroxylation is 2. The summed E-state index contributed by atoms with van der Waals surface area (Å²) >= 11 is 0. The fourth-order valence-electron chi connectivity index (χ4n) is 6.86. The van der Waals surface area contributed by atoms with Crippen LogP contribution < -0.4 is 31.9 Å². The molecule has 1 aliphatic rings. The normalized spacial score (nSPS) is 22.2. The molecule has 2 aromatic rings. The third-order valence-corrected chi connectivity index (χ3v) is 10.8. The first kappa shape index (κ1) is 49.4. The summed E-state index contributed by atoms with van der Waals surface area (Å²) in [5.74, 6) is -6.17. The standard InChI is InChI=1S/C44H63N7O10/c1-7-28(4)37(43(58)59)50-44(60)48-32-20-14-15-25-45-38(53)34(26-61-29(5)52)47-40(55)35(24-22-31-18-12-9-13-19-31)51(6)42(57)33(23-21-30-16-10-8-11-17-30)46-41(56)36(27(2)3)49-39(32)54/h8-13,16-19,27-28,32-37H,7,14-15,20-26H2,1-6H3,(H,45,53)(H,46,56)(H,47,55)(H,49,54)(H,58,59)(H2,48,50,60). The number of hydrogen-bond acceptors (Lipinski definition) is 9. The molecule has 0 radical (unpaired) electrons. The molecular formula is C44H63N7O10. The van der Waals surface area contributed by atoms with Gasteiger partial charge in [-0.15, -0.1) is 0 Å². The Bertz CT molecular complexity index is 1790. The Morgan fingerprint density at radius 1 is 0.803 bits per heavy atom. The zero-order chi connectivity index (χ0) is 45.1. The molecule has 1 saturated heterocycles. The molecule has 1 aliphatic heterocycles. The summed E-state index contributed by atoms with van der Waals surface area (Å²) in [6.07, 6.45) is 2.06. The van der Waals surface area contributed by atoms with Crippen LogP contribution in [0.3, 0.4) is 0 Å². The minimum Gasteiger partial charge on any atom is -0.480 e. The highest BCUT2D eigenvalue weighted by Gasteiger charge is 2.37. The molecule has 0 spiro atoms. The monoisotopic (exact) mass is 849 g/mol. The van der Waals surface area contributed by atoms with Crippen LogP contribution >= 0.6 is 0 Å². The maximum absolute atomic E-state index is 14.6.